The van der Waals surface area contributed by atoms with E-state index in [2.05, 4.69) is 15.2 Å². The summed E-state index contributed by atoms with van der Waals surface area (Å²) in [6.45, 7) is 1.71. The van der Waals surface area contributed by atoms with E-state index < -0.39 is 0 Å². The average Bonchev–Trinajstić information content (AvgIpc) is 2.84. The van der Waals surface area contributed by atoms with Gasteiger partial charge < -0.3 is 10.2 Å². The summed E-state index contributed by atoms with van der Waals surface area (Å²) >= 11 is 1.57. The summed E-state index contributed by atoms with van der Waals surface area (Å²) in [6.07, 6.45) is 5.18. The molecule has 98 valence electrons. The van der Waals surface area contributed by atoms with Gasteiger partial charge in [-0.15, -0.1) is 11.3 Å². The van der Waals surface area contributed by atoms with E-state index in [0.29, 0.717) is 6.42 Å². The molecule has 2 aromatic rings. The SMILES string of the molecule is CN(C)CCCNC(=O)Cc1cn2ccsc2n1. The second-order valence-corrected chi connectivity index (χ2v) is 5.38. The Bertz CT molecular complexity index is 488. The predicted octanol–water partition coefficient (Wildman–Crippen LogP) is 1.01. The molecule has 2 rings (SSSR count). The number of nitrogens with zero attached hydrogens (tertiary/aromatic N) is 3. The first-order valence-corrected chi connectivity index (χ1v) is 6.85. The second-order valence-electron chi connectivity index (χ2n) is 4.51. The van der Waals surface area contributed by atoms with Crippen molar-refractivity contribution in [1.29, 1.82) is 0 Å². The number of rotatable bonds is 6. The van der Waals surface area contributed by atoms with Crippen LogP contribution in [0.15, 0.2) is 17.8 Å². The van der Waals surface area contributed by atoms with Crippen LogP contribution in [-0.2, 0) is 11.2 Å². The fraction of sp³-hybridized carbons (Fsp3) is 0.500. The highest BCUT2D eigenvalue weighted by molar-refractivity contribution is 7.15. The van der Waals surface area contributed by atoms with Gasteiger partial charge in [-0.05, 0) is 27.1 Å². The number of carbonyl (C=O) groups excluding carboxylic acids is 1. The van der Waals surface area contributed by atoms with Crippen LogP contribution >= 0.6 is 11.3 Å². The van der Waals surface area contributed by atoms with E-state index >= 15 is 0 Å². The van der Waals surface area contributed by atoms with Gasteiger partial charge in [0.1, 0.15) is 0 Å². The zero-order valence-corrected chi connectivity index (χ0v) is 11.5. The molecule has 0 saturated heterocycles. The molecule has 1 N–H and O–H groups in total. The van der Waals surface area contributed by atoms with Gasteiger partial charge in [0.05, 0.1) is 12.1 Å². The molecule has 0 aliphatic rings. The monoisotopic (exact) mass is 266 g/mol. The highest BCUT2D eigenvalue weighted by atomic mass is 32.1. The number of amides is 1. The standard InChI is InChI=1S/C12H18N4OS/c1-15(2)5-3-4-13-11(17)8-10-9-16-6-7-18-12(16)14-10/h6-7,9H,3-5,8H2,1-2H3,(H,13,17). The molecule has 0 bridgehead atoms. The van der Waals surface area contributed by atoms with E-state index in [1.165, 1.54) is 0 Å². The number of aromatic nitrogens is 2. The highest BCUT2D eigenvalue weighted by Gasteiger charge is 2.07. The molecule has 2 aromatic heterocycles. The van der Waals surface area contributed by atoms with Crippen LogP contribution in [0.4, 0.5) is 0 Å². The molecule has 0 radical (unpaired) electrons. The Morgan fingerprint density at radius 1 is 1.56 bits per heavy atom. The van der Waals surface area contributed by atoms with Gasteiger partial charge in [-0.1, -0.05) is 0 Å². The lowest BCUT2D eigenvalue weighted by Crippen LogP contribution is -2.28. The molecule has 0 atom stereocenters. The molecule has 5 nitrogen and oxygen atoms in total. The molecule has 0 unspecified atom stereocenters. The molecule has 0 saturated carbocycles. The molecule has 0 fully saturated rings. The molecular formula is C12H18N4OS. The van der Waals surface area contributed by atoms with E-state index in [-0.39, 0.29) is 5.91 Å². The van der Waals surface area contributed by atoms with Crippen molar-refractivity contribution < 1.29 is 4.79 Å². The fourth-order valence-corrected chi connectivity index (χ4v) is 2.43. The maximum atomic E-state index is 11.7. The minimum absolute atomic E-state index is 0.0412. The van der Waals surface area contributed by atoms with Gasteiger partial charge in [0.15, 0.2) is 4.96 Å². The van der Waals surface area contributed by atoms with Gasteiger partial charge in [-0.25, -0.2) is 4.98 Å². The minimum atomic E-state index is 0.0412. The first kappa shape index (κ1) is 13.0. The molecular weight excluding hydrogens is 248 g/mol. The van der Waals surface area contributed by atoms with E-state index in [1.54, 1.807) is 11.3 Å². The summed E-state index contributed by atoms with van der Waals surface area (Å²) < 4.78 is 1.94. The summed E-state index contributed by atoms with van der Waals surface area (Å²) in [5, 5.41) is 4.89. The Morgan fingerprint density at radius 2 is 2.39 bits per heavy atom. The van der Waals surface area contributed by atoms with Crippen molar-refractivity contribution in [3.8, 4) is 0 Å². The van der Waals surface area contributed by atoms with Crippen molar-refractivity contribution in [2.75, 3.05) is 27.2 Å². The Labute approximate surface area is 110 Å². The van der Waals surface area contributed by atoms with Crippen molar-refractivity contribution in [3.05, 3.63) is 23.5 Å². The van der Waals surface area contributed by atoms with Gasteiger partial charge in [-0.2, -0.15) is 0 Å². The average molecular weight is 266 g/mol. The van der Waals surface area contributed by atoms with Crippen LogP contribution in [0.1, 0.15) is 12.1 Å². The number of imidazole rings is 1. The maximum Gasteiger partial charge on any atom is 0.226 e. The van der Waals surface area contributed by atoms with Gasteiger partial charge in [-0.3, -0.25) is 9.20 Å². The number of nitrogens with one attached hydrogen (secondary N) is 1. The topological polar surface area (TPSA) is 49.6 Å². The number of carbonyl (C=O) groups is 1. The van der Waals surface area contributed by atoms with Crippen LogP contribution in [0, 0.1) is 0 Å². The van der Waals surface area contributed by atoms with Crippen molar-refractivity contribution in [1.82, 2.24) is 19.6 Å². The minimum Gasteiger partial charge on any atom is -0.356 e. The zero-order chi connectivity index (χ0) is 13.0. The van der Waals surface area contributed by atoms with E-state index in [4.69, 9.17) is 0 Å². The van der Waals surface area contributed by atoms with E-state index in [1.807, 2.05) is 36.3 Å². The number of fused-ring (bicyclic) bond motifs is 1. The summed E-state index contributed by atoms with van der Waals surface area (Å²) in [5.74, 6) is 0.0412. The Balaban J connectivity index is 1.75. The lowest BCUT2D eigenvalue weighted by molar-refractivity contribution is -0.120. The first-order valence-electron chi connectivity index (χ1n) is 5.97. The molecule has 0 aliphatic heterocycles. The van der Waals surface area contributed by atoms with Crippen molar-refractivity contribution in [2.24, 2.45) is 0 Å². The summed E-state index contributed by atoms with van der Waals surface area (Å²) in [5.41, 5.74) is 0.826. The Kier molecular flexibility index (Phi) is 4.33. The van der Waals surface area contributed by atoms with Crippen LogP contribution < -0.4 is 5.32 Å². The van der Waals surface area contributed by atoms with Crippen molar-refractivity contribution in [3.63, 3.8) is 0 Å². The summed E-state index contributed by atoms with van der Waals surface area (Å²) in [4.78, 5) is 19.1. The normalized spacial score (nSPS) is 11.3. The molecule has 2 heterocycles. The largest absolute Gasteiger partial charge is 0.356 e. The molecule has 0 aliphatic carbocycles. The summed E-state index contributed by atoms with van der Waals surface area (Å²) in [6, 6.07) is 0. The van der Waals surface area contributed by atoms with Crippen LogP contribution in [0.5, 0.6) is 0 Å². The van der Waals surface area contributed by atoms with Gasteiger partial charge in [0.25, 0.3) is 0 Å². The molecule has 18 heavy (non-hydrogen) atoms. The van der Waals surface area contributed by atoms with Crippen LogP contribution in [0.25, 0.3) is 4.96 Å². The maximum absolute atomic E-state index is 11.7. The van der Waals surface area contributed by atoms with E-state index in [0.717, 1.165) is 30.2 Å². The molecule has 0 spiro atoms. The number of thiazole rings is 1. The van der Waals surface area contributed by atoms with Gasteiger partial charge in [0, 0.05) is 24.3 Å². The number of hydrogen-bond acceptors (Lipinski definition) is 4. The van der Waals surface area contributed by atoms with Crippen LogP contribution in [0.2, 0.25) is 0 Å². The van der Waals surface area contributed by atoms with Gasteiger partial charge in [0.2, 0.25) is 5.91 Å². The molecule has 1 amide bonds. The highest BCUT2D eigenvalue weighted by Crippen LogP contribution is 2.11. The lowest BCUT2D eigenvalue weighted by Gasteiger charge is -2.09. The smallest absolute Gasteiger partial charge is 0.226 e. The van der Waals surface area contributed by atoms with E-state index in [9.17, 15) is 4.79 Å². The van der Waals surface area contributed by atoms with Crippen molar-refractivity contribution in [2.45, 2.75) is 12.8 Å². The van der Waals surface area contributed by atoms with Crippen LogP contribution in [-0.4, -0.2) is 47.4 Å². The third-order valence-electron chi connectivity index (χ3n) is 2.59. The quantitative estimate of drug-likeness (QED) is 0.794. The third kappa shape index (κ3) is 3.54. The fourth-order valence-electron chi connectivity index (χ4n) is 1.71. The predicted molar refractivity (Wildman–Crippen MR) is 73.0 cm³/mol. The second kappa shape index (κ2) is 5.97. The first-order chi connectivity index (χ1) is 8.65. The third-order valence-corrected chi connectivity index (χ3v) is 3.36. The summed E-state index contributed by atoms with van der Waals surface area (Å²) in [7, 11) is 4.05. The molecule has 0 aromatic carbocycles. The van der Waals surface area contributed by atoms with Crippen molar-refractivity contribution >= 4 is 22.2 Å². The zero-order valence-electron chi connectivity index (χ0n) is 10.7. The van der Waals surface area contributed by atoms with Gasteiger partial charge >= 0.3 is 0 Å². The number of hydrogen-bond donors (Lipinski definition) is 1. The Hall–Kier alpha value is -1.40. The lowest BCUT2D eigenvalue weighted by atomic mass is 10.3. The van der Waals surface area contributed by atoms with Crippen LogP contribution in [0.3, 0.4) is 0 Å². The molecule has 6 heteroatoms. The Morgan fingerprint density at radius 3 is 3.11 bits per heavy atom.